The topological polar surface area (TPSA) is 16.4 Å². The van der Waals surface area contributed by atoms with E-state index in [1.54, 1.807) is 0 Å². The monoisotopic (exact) mass is 803 g/mol. The highest BCUT2D eigenvalue weighted by Crippen LogP contribution is 2.56. The number of hydrogen-bond acceptors (Lipinski definition) is 2. The lowest BCUT2D eigenvalue weighted by molar-refractivity contribution is 0.669. The van der Waals surface area contributed by atoms with E-state index < -0.39 is 5.41 Å². The normalized spacial score (nSPS) is 12.6. The van der Waals surface area contributed by atoms with Gasteiger partial charge in [0.1, 0.15) is 11.2 Å². The van der Waals surface area contributed by atoms with E-state index >= 15 is 0 Å². The summed E-state index contributed by atoms with van der Waals surface area (Å²) in [7, 11) is 0. The van der Waals surface area contributed by atoms with Crippen LogP contribution in [0.4, 0.5) is 17.1 Å². The molecule has 0 bridgehead atoms. The summed E-state index contributed by atoms with van der Waals surface area (Å²) in [5.41, 5.74) is 19.3. The molecule has 2 heteroatoms. The Morgan fingerprint density at radius 3 is 1.33 bits per heavy atom. The zero-order chi connectivity index (χ0) is 41.7. The van der Waals surface area contributed by atoms with Gasteiger partial charge in [0.15, 0.2) is 0 Å². The molecule has 0 unspecified atom stereocenters. The number of para-hydroxylation sites is 1. The van der Waals surface area contributed by atoms with E-state index in [0.29, 0.717) is 0 Å². The summed E-state index contributed by atoms with van der Waals surface area (Å²) in [6.45, 7) is 0. The van der Waals surface area contributed by atoms with Crippen LogP contribution in [0.2, 0.25) is 0 Å². The molecule has 0 amide bonds. The maximum atomic E-state index is 6.28. The van der Waals surface area contributed by atoms with Gasteiger partial charge in [-0.1, -0.05) is 188 Å². The number of nitrogens with zero attached hydrogens (tertiary/aromatic N) is 1. The van der Waals surface area contributed by atoms with Crippen molar-refractivity contribution in [2.45, 2.75) is 5.41 Å². The molecule has 296 valence electrons. The number of hydrogen-bond donors (Lipinski definition) is 0. The molecule has 0 fully saturated rings. The van der Waals surface area contributed by atoms with Gasteiger partial charge in [-0.3, -0.25) is 0 Å². The van der Waals surface area contributed by atoms with Crippen molar-refractivity contribution in [1.82, 2.24) is 0 Å². The zero-order valence-corrected chi connectivity index (χ0v) is 34.5. The van der Waals surface area contributed by atoms with E-state index in [0.717, 1.165) is 50.1 Å². The highest BCUT2D eigenvalue weighted by molar-refractivity contribution is 6.06. The van der Waals surface area contributed by atoms with E-state index in [1.807, 2.05) is 12.1 Å². The minimum absolute atomic E-state index is 0.462. The molecule has 0 aliphatic heterocycles. The summed E-state index contributed by atoms with van der Waals surface area (Å²) in [4.78, 5) is 2.37. The Hall–Kier alpha value is -8.20. The zero-order valence-electron chi connectivity index (χ0n) is 34.5. The predicted octanol–water partition coefficient (Wildman–Crippen LogP) is 16.4. The van der Waals surface area contributed by atoms with E-state index in [2.05, 4.69) is 241 Å². The molecule has 0 radical (unpaired) electrons. The van der Waals surface area contributed by atoms with Crippen LogP contribution < -0.4 is 4.90 Å². The van der Waals surface area contributed by atoms with Gasteiger partial charge >= 0.3 is 0 Å². The van der Waals surface area contributed by atoms with Crippen LogP contribution in [-0.2, 0) is 5.41 Å². The van der Waals surface area contributed by atoms with Gasteiger partial charge in [-0.2, -0.15) is 0 Å². The lowest BCUT2D eigenvalue weighted by atomic mass is 9.68. The highest BCUT2D eigenvalue weighted by atomic mass is 16.3. The van der Waals surface area contributed by atoms with Crippen LogP contribution >= 0.6 is 0 Å². The first-order chi connectivity index (χ1) is 31.2. The second kappa shape index (κ2) is 15.1. The summed E-state index contributed by atoms with van der Waals surface area (Å²) < 4.78 is 6.28. The maximum Gasteiger partial charge on any atom is 0.136 e. The molecular formula is C61H41NO. The average molecular weight is 804 g/mol. The number of benzene rings is 10. The number of fused-ring (bicyclic) bond motifs is 6. The van der Waals surface area contributed by atoms with Gasteiger partial charge in [0.2, 0.25) is 0 Å². The fourth-order valence-electron chi connectivity index (χ4n) is 10.0. The smallest absolute Gasteiger partial charge is 0.136 e. The summed E-state index contributed by atoms with van der Waals surface area (Å²) in [5, 5.41) is 2.27. The van der Waals surface area contributed by atoms with Gasteiger partial charge in [-0.05, 0) is 127 Å². The standard InChI is InChI=1S/C61H41NO/c1-3-14-42(15-4-1)45-16-13-17-46(40-45)43-26-33-50(34-27-43)62(51-35-28-44(29-36-51)47-30-39-56-55-22-9-12-25-59(55)63-60(56)41-47)52-37-31-49(32-38-52)61(48-18-5-2-6-19-48)57-23-10-7-20-53(57)54-21-8-11-24-58(54)61/h1-41H. The molecule has 10 aromatic carbocycles. The van der Waals surface area contributed by atoms with Gasteiger partial charge in [-0.15, -0.1) is 0 Å². The van der Waals surface area contributed by atoms with Gasteiger partial charge in [0, 0.05) is 27.8 Å². The van der Waals surface area contributed by atoms with Crippen molar-refractivity contribution >= 4 is 39.0 Å². The first-order valence-corrected chi connectivity index (χ1v) is 21.7. The molecule has 0 atom stereocenters. The largest absolute Gasteiger partial charge is 0.456 e. The summed E-state index contributed by atoms with van der Waals surface area (Å²) in [6.07, 6.45) is 0. The Balaban J connectivity index is 0.962. The average Bonchev–Trinajstić information content (AvgIpc) is 3.89. The van der Waals surface area contributed by atoms with Crippen LogP contribution in [0.25, 0.3) is 66.4 Å². The van der Waals surface area contributed by atoms with Crippen molar-refractivity contribution < 1.29 is 4.42 Å². The quantitative estimate of drug-likeness (QED) is 0.152. The molecular weight excluding hydrogens is 763 g/mol. The van der Waals surface area contributed by atoms with Crippen LogP contribution in [0.1, 0.15) is 22.3 Å². The van der Waals surface area contributed by atoms with Crippen LogP contribution in [0.5, 0.6) is 0 Å². The highest BCUT2D eigenvalue weighted by Gasteiger charge is 2.45. The van der Waals surface area contributed by atoms with Crippen molar-refractivity contribution in [2.75, 3.05) is 4.90 Å². The molecule has 1 aliphatic carbocycles. The molecule has 0 saturated heterocycles. The first-order valence-electron chi connectivity index (χ1n) is 21.7. The molecule has 12 rings (SSSR count). The maximum absolute atomic E-state index is 6.28. The van der Waals surface area contributed by atoms with Crippen molar-refractivity contribution in [3.8, 4) is 44.5 Å². The van der Waals surface area contributed by atoms with E-state index in [4.69, 9.17) is 4.42 Å². The summed E-state index contributed by atoms with van der Waals surface area (Å²) >= 11 is 0. The van der Waals surface area contributed by atoms with E-state index in [9.17, 15) is 0 Å². The molecule has 0 spiro atoms. The summed E-state index contributed by atoms with van der Waals surface area (Å²) in [6, 6.07) is 90.2. The van der Waals surface area contributed by atoms with Gasteiger partial charge in [0.05, 0.1) is 5.41 Å². The molecule has 1 aromatic heterocycles. The second-order valence-electron chi connectivity index (χ2n) is 16.4. The van der Waals surface area contributed by atoms with Gasteiger partial charge < -0.3 is 9.32 Å². The van der Waals surface area contributed by atoms with Crippen molar-refractivity contribution in [3.05, 3.63) is 271 Å². The molecule has 0 saturated carbocycles. The van der Waals surface area contributed by atoms with Crippen LogP contribution in [-0.4, -0.2) is 0 Å². The summed E-state index contributed by atoms with van der Waals surface area (Å²) in [5.74, 6) is 0. The van der Waals surface area contributed by atoms with Gasteiger partial charge in [-0.25, -0.2) is 0 Å². The minimum atomic E-state index is -0.462. The molecule has 2 nitrogen and oxygen atoms in total. The first kappa shape index (κ1) is 36.6. The van der Waals surface area contributed by atoms with Crippen molar-refractivity contribution in [3.63, 3.8) is 0 Å². The number of anilines is 3. The lowest BCUT2D eigenvalue weighted by Crippen LogP contribution is -2.28. The molecule has 0 N–H and O–H groups in total. The molecule has 63 heavy (non-hydrogen) atoms. The Labute approximate surface area is 367 Å². The number of furan rings is 1. The van der Waals surface area contributed by atoms with E-state index in [1.165, 1.54) is 55.6 Å². The van der Waals surface area contributed by atoms with Crippen LogP contribution in [0.3, 0.4) is 0 Å². The van der Waals surface area contributed by atoms with Crippen molar-refractivity contribution in [1.29, 1.82) is 0 Å². The lowest BCUT2D eigenvalue weighted by Gasteiger charge is -2.34. The third-order valence-corrected chi connectivity index (χ3v) is 13.0. The molecule has 1 heterocycles. The Morgan fingerprint density at radius 2 is 0.714 bits per heavy atom. The predicted molar refractivity (Wildman–Crippen MR) is 262 cm³/mol. The van der Waals surface area contributed by atoms with Gasteiger partial charge in [0.25, 0.3) is 0 Å². The Morgan fingerprint density at radius 1 is 0.286 bits per heavy atom. The molecule has 1 aliphatic rings. The van der Waals surface area contributed by atoms with Crippen LogP contribution in [0, 0.1) is 0 Å². The fraction of sp³-hybridized carbons (Fsp3) is 0.0164. The van der Waals surface area contributed by atoms with Crippen molar-refractivity contribution in [2.24, 2.45) is 0 Å². The number of rotatable bonds is 8. The SMILES string of the molecule is c1ccc(-c2cccc(-c3ccc(N(c4ccc(-c5ccc6c(c5)oc5ccccc56)cc4)c4ccc(C5(c6ccccc6)c6ccccc6-c6ccccc65)cc4)cc3)c2)cc1. The third kappa shape index (κ3) is 6.10. The Kier molecular flexibility index (Phi) is 8.76. The fourth-order valence-corrected chi connectivity index (χ4v) is 10.0. The van der Waals surface area contributed by atoms with E-state index in [-0.39, 0.29) is 0 Å². The Bertz CT molecular complexity index is 3370. The van der Waals surface area contributed by atoms with Crippen LogP contribution in [0.15, 0.2) is 253 Å². The molecule has 11 aromatic rings. The minimum Gasteiger partial charge on any atom is -0.456 e. The third-order valence-electron chi connectivity index (χ3n) is 13.0. The second-order valence-corrected chi connectivity index (χ2v) is 16.4.